The van der Waals surface area contributed by atoms with E-state index in [1.54, 1.807) is 0 Å². The lowest BCUT2D eigenvalue weighted by Gasteiger charge is -2.35. The number of carbonyl (C=O) groups is 1. The lowest BCUT2D eigenvalue weighted by atomic mass is 9.89. The molecular weight excluding hydrogens is 188 g/mol. The van der Waals surface area contributed by atoms with Gasteiger partial charge in [0.15, 0.2) is 0 Å². The standard InChI is InChI=1S/C12H22N2O/c1-9-5-6-14(8-10(9)2)12(15)7-13-11-3-4-11/h9-11,13H,3-8H2,1-2H3. The normalized spacial score (nSPS) is 31.7. The molecule has 0 radical (unpaired) electrons. The van der Waals surface area contributed by atoms with E-state index in [4.69, 9.17) is 0 Å². The summed E-state index contributed by atoms with van der Waals surface area (Å²) in [5.41, 5.74) is 0. The monoisotopic (exact) mass is 210 g/mol. The number of nitrogens with zero attached hydrogens (tertiary/aromatic N) is 1. The minimum Gasteiger partial charge on any atom is -0.341 e. The maximum atomic E-state index is 11.8. The lowest BCUT2D eigenvalue weighted by Crippen LogP contribution is -2.45. The number of piperidine rings is 1. The van der Waals surface area contributed by atoms with Crippen LogP contribution in [0.15, 0.2) is 0 Å². The van der Waals surface area contributed by atoms with Gasteiger partial charge in [0.25, 0.3) is 0 Å². The van der Waals surface area contributed by atoms with E-state index in [-0.39, 0.29) is 0 Å². The van der Waals surface area contributed by atoms with Gasteiger partial charge in [-0.2, -0.15) is 0 Å². The number of amides is 1. The number of likely N-dealkylation sites (tertiary alicyclic amines) is 1. The van der Waals surface area contributed by atoms with Crippen LogP contribution in [0.5, 0.6) is 0 Å². The van der Waals surface area contributed by atoms with Crippen LogP contribution in [-0.2, 0) is 4.79 Å². The zero-order chi connectivity index (χ0) is 10.8. The molecule has 1 heterocycles. The van der Waals surface area contributed by atoms with E-state index in [1.165, 1.54) is 12.8 Å². The quantitative estimate of drug-likeness (QED) is 0.760. The molecule has 1 amide bonds. The molecule has 3 nitrogen and oxygen atoms in total. The fourth-order valence-electron chi connectivity index (χ4n) is 2.12. The van der Waals surface area contributed by atoms with Crippen molar-refractivity contribution in [1.82, 2.24) is 10.2 Å². The minimum absolute atomic E-state index is 0.292. The van der Waals surface area contributed by atoms with Crippen LogP contribution in [0.25, 0.3) is 0 Å². The van der Waals surface area contributed by atoms with Gasteiger partial charge in [-0.15, -0.1) is 0 Å². The van der Waals surface area contributed by atoms with Crippen molar-refractivity contribution in [2.45, 2.75) is 39.2 Å². The number of nitrogens with one attached hydrogen (secondary N) is 1. The Balaban J connectivity index is 1.74. The molecule has 2 rings (SSSR count). The molecule has 15 heavy (non-hydrogen) atoms. The Morgan fingerprint density at radius 3 is 2.60 bits per heavy atom. The van der Waals surface area contributed by atoms with Gasteiger partial charge in [0.1, 0.15) is 0 Å². The molecule has 2 fully saturated rings. The summed E-state index contributed by atoms with van der Waals surface area (Å²) in [7, 11) is 0. The number of rotatable bonds is 3. The summed E-state index contributed by atoms with van der Waals surface area (Å²) in [4.78, 5) is 13.9. The smallest absolute Gasteiger partial charge is 0.236 e. The molecule has 3 heteroatoms. The van der Waals surface area contributed by atoms with Crippen molar-refractivity contribution in [3.63, 3.8) is 0 Å². The highest BCUT2D eigenvalue weighted by molar-refractivity contribution is 5.78. The first-order valence-corrected chi connectivity index (χ1v) is 6.18. The van der Waals surface area contributed by atoms with E-state index < -0.39 is 0 Å². The summed E-state index contributed by atoms with van der Waals surface area (Å²) in [6.07, 6.45) is 3.66. The predicted octanol–water partition coefficient (Wildman–Crippen LogP) is 1.24. The van der Waals surface area contributed by atoms with Crippen molar-refractivity contribution in [3.05, 3.63) is 0 Å². The topological polar surface area (TPSA) is 32.3 Å². The van der Waals surface area contributed by atoms with Gasteiger partial charge < -0.3 is 10.2 Å². The van der Waals surface area contributed by atoms with Crippen LogP contribution in [0.3, 0.4) is 0 Å². The predicted molar refractivity (Wildman–Crippen MR) is 60.5 cm³/mol. The molecule has 0 aromatic rings. The van der Waals surface area contributed by atoms with E-state index in [9.17, 15) is 4.79 Å². The highest BCUT2D eigenvalue weighted by Crippen LogP contribution is 2.22. The van der Waals surface area contributed by atoms with Crippen molar-refractivity contribution in [2.24, 2.45) is 11.8 Å². The van der Waals surface area contributed by atoms with E-state index in [0.717, 1.165) is 25.4 Å². The van der Waals surface area contributed by atoms with Crippen LogP contribution < -0.4 is 5.32 Å². The van der Waals surface area contributed by atoms with Crippen molar-refractivity contribution >= 4 is 5.91 Å². The SMILES string of the molecule is CC1CCN(C(=O)CNC2CC2)CC1C. The molecule has 1 aliphatic carbocycles. The Hall–Kier alpha value is -0.570. The summed E-state index contributed by atoms with van der Waals surface area (Å²) >= 11 is 0. The lowest BCUT2D eigenvalue weighted by molar-refractivity contribution is -0.132. The average Bonchev–Trinajstić information content (AvgIpc) is 3.02. The summed E-state index contributed by atoms with van der Waals surface area (Å²) < 4.78 is 0. The highest BCUT2D eigenvalue weighted by atomic mass is 16.2. The van der Waals surface area contributed by atoms with Gasteiger partial charge in [0.05, 0.1) is 6.54 Å². The van der Waals surface area contributed by atoms with E-state index >= 15 is 0 Å². The van der Waals surface area contributed by atoms with Crippen molar-refractivity contribution in [2.75, 3.05) is 19.6 Å². The van der Waals surface area contributed by atoms with Gasteiger partial charge >= 0.3 is 0 Å². The Kier molecular flexibility index (Phi) is 3.29. The summed E-state index contributed by atoms with van der Waals surface area (Å²) in [5.74, 6) is 1.72. The second-order valence-electron chi connectivity index (χ2n) is 5.24. The zero-order valence-corrected chi connectivity index (χ0v) is 9.83. The van der Waals surface area contributed by atoms with Gasteiger partial charge in [-0.25, -0.2) is 0 Å². The van der Waals surface area contributed by atoms with Crippen LogP contribution >= 0.6 is 0 Å². The Morgan fingerprint density at radius 2 is 2.00 bits per heavy atom. The zero-order valence-electron chi connectivity index (χ0n) is 9.83. The molecule has 0 aromatic carbocycles. The van der Waals surface area contributed by atoms with Crippen LogP contribution in [0.1, 0.15) is 33.1 Å². The van der Waals surface area contributed by atoms with Crippen molar-refractivity contribution < 1.29 is 4.79 Å². The summed E-state index contributed by atoms with van der Waals surface area (Å²) in [5, 5.41) is 3.29. The third kappa shape index (κ3) is 2.94. The second kappa shape index (κ2) is 4.52. The van der Waals surface area contributed by atoms with E-state index in [0.29, 0.717) is 24.4 Å². The fraction of sp³-hybridized carbons (Fsp3) is 0.917. The van der Waals surface area contributed by atoms with Crippen LogP contribution in [0.4, 0.5) is 0 Å². The molecule has 1 saturated heterocycles. The Bertz CT molecular complexity index is 238. The number of hydrogen-bond donors (Lipinski definition) is 1. The third-order valence-corrected chi connectivity index (χ3v) is 3.81. The fourth-order valence-corrected chi connectivity index (χ4v) is 2.12. The van der Waals surface area contributed by atoms with Gasteiger partial charge in [0.2, 0.25) is 5.91 Å². The van der Waals surface area contributed by atoms with Crippen molar-refractivity contribution in [3.8, 4) is 0 Å². The van der Waals surface area contributed by atoms with E-state index in [2.05, 4.69) is 19.2 Å². The van der Waals surface area contributed by atoms with E-state index in [1.807, 2.05) is 4.90 Å². The number of hydrogen-bond acceptors (Lipinski definition) is 2. The third-order valence-electron chi connectivity index (χ3n) is 3.81. The van der Waals surface area contributed by atoms with Crippen LogP contribution in [0.2, 0.25) is 0 Å². The average molecular weight is 210 g/mol. The molecule has 0 aromatic heterocycles. The minimum atomic E-state index is 0.292. The van der Waals surface area contributed by atoms with Crippen LogP contribution in [-0.4, -0.2) is 36.5 Å². The molecule has 86 valence electrons. The van der Waals surface area contributed by atoms with Crippen LogP contribution in [0, 0.1) is 11.8 Å². The molecule has 2 atom stereocenters. The molecule has 2 aliphatic rings. The van der Waals surface area contributed by atoms with Gasteiger partial charge in [-0.1, -0.05) is 13.8 Å². The molecule has 1 aliphatic heterocycles. The van der Waals surface area contributed by atoms with Crippen molar-refractivity contribution in [1.29, 1.82) is 0 Å². The molecule has 2 unspecified atom stereocenters. The number of carbonyl (C=O) groups excluding carboxylic acids is 1. The highest BCUT2D eigenvalue weighted by Gasteiger charge is 2.27. The first kappa shape index (κ1) is 10.9. The Morgan fingerprint density at radius 1 is 1.27 bits per heavy atom. The molecule has 0 bridgehead atoms. The second-order valence-corrected chi connectivity index (χ2v) is 5.24. The largest absolute Gasteiger partial charge is 0.341 e. The molecule has 1 saturated carbocycles. The molecule has 0 spiro atoms. The van der Waals surface area contributed by atoms with Gasteiger partial charge in [-0.05, 0) is 31.1 Å². The first-order chi connectivity index (χ1) is 7.16. The summed E-state index contributed by atoms with van der Waals surface area (Å²) in [6, 6.07) is 0.634. The maximum absolute atomic E-state index is 11.8. The molecular formula is C12H22N2O. The Labute approximate surface area is 92.2 Å². The van der Waals surface area contributed by atoms with Gasteiger partial charge in [-0.3, -0.25) is 4.79 Å². The first-order valence-electron chi connectivity index (χ1n) is 6.18. The molecule has 1 N–H and O–H groups in total. The summed E-state index contributed by atoms with van der Waals surface area (Å²) in [6.45, 7) is 6.99. The maximum Gasteiger partial charge on any atom is 0.236 e. The van der Waals surface area contributed by atoms with Gasteiger partial charge in [0, 0.05) is 19.1 Å².